The molecule has 0 radical (unpaired) electrons. The van der Waals surface area contributed by atoms with Crippen LogP contribution in [0.15, 0.2) is 48.5 Å². The first-order chi connectivity index (χ1) is 13.6. The van der Waals surface area contributed by atoms with Crippen molar-refractivity contribution >= 4 is 6.03 Å². The summed E-state index contributed by atoms with van der Waals surface area (Å²) in [5.74, 6) is 0.0359. The van der Waals surface area contributed by atoms with Crippen molar-refractivity contribution in [1.29, 1.82) is 5.26 Å². The first kappa shape index (κ1) is 18.5. The van der Waals surface area contributed by atoms with Crippen molar-refractivity contribution in [2.24, 2.45) is 0 Å². The Morgan fingerprint density at radius 3 is 2.46 bits per heavy atom. The van der Waals surface area contributed by atoms with Gasteiger partial charge in [0.05, 0.1) is 17.7 Å². The zero-order chi connectivity index (χ0) is 19.7. The Morgan fingerprint density at radius 2 is 1.86 bits per heavy atom. The number of hydrogen-bond acceptors (Lipinski definition) is 2. The quantitative estimate of drug-likeness (QED) is 0.829. The Hall–Kier alpha value is -2.87. The van der Waals surface area contributed by atoms with Crippen molar-refractivity contribution in [3.05, 3.63) is 71.0 Å². The van der Waals surface area contributed by atoms with E-state index in [2.05, 4.69) is 29.6 Å². The number of carbonyl (C=O) groups excluding carboxylic acids is 1. The van der Waals surface area contributed by atoms with E-state index in [1.54, 1.807) is 19.1 Å². The maximum absolute atomic E-state index is 14.3. The lowest BCUT2D eigenvalue weighted by Crippen LogP contribution is -2.51. The number of piperidine rings is 1. The van der Waals surface area contributed by atoms with Crippen LogP contribution in [-0.2, 0) is 0 Å². The molecule has 2 aromatic rings. The van der Waals surface area contributed by atoms with Gasteiger partial charge in [0, 0.05) is 17.6 Å². The van der Waals surface area contributed by atoms with E-state index < -0.39 is 11.9 Å². The normalized spacial score (nSPS) is 24.5. The molecular formula is C23H24FN3O. The van der Waals surface area contributed by atoms with Crippen LogP contribution in [0.4, 0.5) is 9.18 Å². The number of carbonyl (C=O) groups is 1. The topological polar surface area (TPSA) is 56.1 Å². The lowest BCUT2D eigenvalue weighted by molar-refractivity contribution is 0.136. The molecule has 5 heteroatoms. The predicted octanol–water partition coefficient (Wildman–Crippen LogP) is 4.88. The van der Waals surface area contributed by atoms with Gasteiger partial charge in [-0.05, 0) is 56.2 Å². The van der Waals surface area contributed by atoms with Gasteiger partial charge >= 0.3 is 6.03 Å². The molecule has 4 rings (SSSR count). The summed E-state index contributed by atoms with van der Waals surface area (Å²) in [6, 6.07) is 16.7. The molecule has 2 aliphatic heterocycles. The zero-order valence-electron chi connectivity index (χ0n) is 15.9. The summed E-state index contributed by atoms with van der Waals surface area (Å²) in [7, 11) is 0. The van der Waals surface area contributed by atoms with Crippen molar-refractivity contribution < 1.29 is 9.18 Å². The summed E-state index contributed by atoms with van der Waals surface area (Å²) in [6.45, 7) is 1.78. The van der Waals surface area contributed by atoms with Crippen LogP contribution in [0.3, 0.4) is 0 Å². The molecule has 0 aliphatic carbocycles. The van der Waals surface area contributed by atoms with Gasteiger partial charge in [0.25, 0.3) is 0 Å². The molecule has 2 amide bonds. The van der Waals surface area contributed by atoms with Crippen LogP contribution in [-0.4, -0.2) is 23.0 Å². The standard InChI is InChI=1S/C23H24FN3O/c1-15(21-10-7-16(14-25)11-22(21)24)26-23(28)27-19-8-9-20(27)13-18(12-19)17-5-3-2-4-6-17/h2-7,10-11,15,18-20H,8-9,12-13H2,1H3,(H,26,28)/t15?,18?,19-,20+. The van der Waals surface area contributed by atoms with Crippen molar-refractivity contribution in [2.75, 3.05) is 0 Å². The fourth-order valence-electron chi connectivity index (χ4n) is 4.79. The number of rotatable bonds is 3. The average Bonchev–Trinajstić information content (AvgIpc) is 2.98. The molecule has 2 unspecified atom stereocenters. The van der Waals surface area contributed by atoms with E-state index in [0.29, 0.717) is 11.5 Å². The summed E-state index contributed by atoms with van der Waals surface area (Å²) < 4.78 is 14.3. The van der Waals surface area contributed by atoms with Crippen LogP contribution in [0.1, 0.15) is 61.3 Å². The lowest BCUT2D eigenvalue weighted by atomic mass is 9.85. The molecule has 0 saturated carbocycles. The summed E-state index contributed by atoms with van der Waals surface area (Å²) in [5.41, 5.74) is 2.03. The number of urea groups is 1. The highest BCUT2D eigenvalue weighted by atomic mass is 19.1. The van der Waals surface area contributed by atoms with Crippen LogP contribution in [0.25, 0.3) is 0 Å². The van der Waals surface area contributed by atoms with Crippen LogP contribution < -0.4 is 5.32 Å². The first-order valence-electron chi connectivity index (χ1n) is 9.90. The fourth-order valence-corrected chi connectivity index (χ4v) is 4.79. The Kier molecular flexibility index (Phi) is 5.04. The molecule has 2 aliphatic rings. The molecule has 0 aromatic heterocycles. The van der Waals surface area contributed by atoms with E-state index in [1.807, 2.05) is 17.0 Å². The van der Waals surface area contributed by atoms with Gasteiger partial charge in [-0.3, -0.25) is 0 Å². The second kappa shape index (κ2) is 7.63. The zero-order valence-corrected chi connectivity index (χ0v) is 15.9. The minimum atomic E-state index is -0.461. The van der Waals surface area contributed by atoms with E-state index >= 15 is 0 Å². The highest BCUT2D eigenvalue weighted by Gasteiger charge is 2.43. The highest BCUT2D eigenvalue weighted by molar-refractivity contribution is 5.76. The van der Waals surface area contributed by atoms with Gasteiger partial charge in [0.15, 0.2) is 0 Å². The Balaban J connectivity index is 1.44. The number of nitriles is 1. The highest BCUT2D eigenvalue weighted by Crippen LogP contribution is 2.43. The average molecular weight is 377 g/mol. The number of hydrogen-bond donors (Lipinski definition) is 1. The van der Waals surface area contributed by atoms with Crippen LogP contribution >= 0.6 is 0 Å². The van der Waals surface area contributed by atoms with Crippen LogP contribution in [0.2, 0.25) is 0 Å². The second-order valence-corrected chi connectivity index (χ2v) is 7.89. The smallest absolute Gasteiger partial charge is 0.318 e. The van der Waals surface area contributed by atoms with Gasteiger partial charge in [0.1, 0.15) is 5.82 Å². The van der Waals surface area contributed by atoms with E-state index in [-0.39, 0.29) is 23.7 Å². The molecule has 144 valence electrons. The van der Waals surface area contributed by atoms with E-state index in [4.69, 9.17) is 5.26 Å². The molecule has 4 nitrogen and oxygen atoms in total. The SMILES string of the molecule is CC(NC(=O)N1[C@@H]2CC[C@H]1CC(c1ccccc1)C2)c1ccc(C#N)cc1F. The van der Waals surface area contributed by atoms with E-state index in [1.165, 1.54) is 11.6 Å². The van der Waals surface area contributed by atoms with Gasteiger partial charge < -0.3 is 10.2 Å². The van der Waals surface area contributed by atoms with Gasteiger partial charge in [-0.1, -0.05) is 36.4 Å². The maximum atomic E-state index is 14.3. The molecule has 0 spiro atoms. The van der Waals surface area contributed by atoms with Gasteiger partial charge in [0.2, 0.25) is 0 Å². The number of nitrogens with one attached hydrogen (secondary N) is 1. The first-order valence-corrected chi connectivity index (χ1v) is 9.90. The third-order valence-electron chi connectivity index (χ3n) is 6.17. The number of amides is 2. The Labute approximate surface area is 165 Å². The van der Waals surface area contributed by atoms with Crippen LogP contribution in [0, 0.1) is 17.1 Å². The molecule has 2 saturated heterocycles. The molecule has 2 bridgehead atoms. The third-order valence-corrected chi connectivity index (χ3v) is 6.17. The largest absolute Gasteiger partial charge is 0.331 e. The van der Waals surface area contributed by atoms with Crippen molar-refractivity contribution in [2.45, 2.75) is 56.7 Å². The maximum Gasteiger partial charge on any atom is 0.318 e. The molecular weight excluding hydrogens is 353 g/mol. The summed E-state index contributed by atoms with van der Waals surface area (Å²) >= 11 is 0. The van der Waals surface area contributed by atoms with Gasteiger partial charge in [-0.15, -0.1) is 0 Å². The van der Waals surface area contributed by atoms with Crippen LogP contribution in [0.5, 0.6) is 0 Å². The predicted molar refractivity (Wildman–Crippen MR) is 105 cm³/mol. The molecule has 2 fully saturated rings. The third kappa shape index (κ3) is 3.47. The number of benzene rings is 2. The Bertz CT molecular complexity index is 894. The summed E-state index contributed by atoms with van der Waals surface area (Å²) in [5, 5.41) is 11.8. The number of halogens is 1. The molecule has 2 aromatic carbocycles. The second-order valence-electron chi connectivity index (χ2n) is 7.89. The molecule has 4 atom stereocenters. The minimum Gasteiger partial charge on any atom is -0.331 e. The van der Waals surface area contributed by atoms with E-state index in [9.17, 15) is 9.18 Å². The molecule has 1 N–H and O–H groups in total. The van der Waals surface area contributed by atoms with Crippen molar-refractivity contribution in [3.63, 3.8) is 0 Å². The van der Waals surface area contributed by atoms with Crippen molar-refractivity contribution in [3.8, 4) is 6.07 Å². The monoisotopic (exact) mass is 377 g/mol. The molecule has 28 heavy (non-hydrogen) atoms. The fraction of sp³-hybridized carbons (Fsp3) is 0.391. The lowest BCUT2D eigenvalue weighted by Gasteiger charge is -2.39. The Morgan fingerprint density at radius 1 is 1.18 bits per heavy atom. The van der Waals surface area contributed by atoms with Gasteiger partial charge in [-0.2, -0.15) is 5.26 Å². The number of nitrogens with zero attached hydrogens (tertiary/aromatic N) is 2. The van der Waals surface area contributed by atoms with Gasteiger partial charge in [-0.25, -0.2) is 9.18 Å². The molecule has 2 heterocycles. The minimum absolute atomic E-state index is 0.115. The summed E-state index contributed by atoms with van der Waals surface area (Å²) in [4.78, 5) is 14.9. The van der Waals surface area contributed by atoms with E-state index in [0.717, 1.165) is 25.7 Å². The summed E-state index contributed by atoms with van der Waals surface area (Å²) in [6.07, 6.45) is 4.02. The van der Waals surface area contributed by atoms with Crippen molar-refractivity contribution in [1.82, 2.24) is 10.2 Å². The number of fused-ring (bicyclic) bond motifs is 2.